The number of nitrogens with one attached hydrogen (secondary N) is 1. The van der Waals surface area contributed by atoms with Crippen molar-refractivity contribution in [1.82, 2.24) is 19.8 Å². The molecule has 0 bridgehead atoms. The number of para-hydroxylation sites is 1. The molecule has 1 amide bonds. The molecule has 1 aromatic carbocycles. The molecule has 1 fully saturated rings. The van der Waals surface area contributed by atoms with Crippen LogP contribution in [0.5, 0.6) is 0 Å². The van der Waals surface area contributed by atoms with Crippen molar-refractivity contribution >= 4 is 16.8 Å². The van der Waals surface area contributed by atoms with Crippen LogP contribution in [0.25, 0.3) is 10.9 Å². The highest BCUT2D eigenvalue weighted by atomic mass is 16.2. The van der Waals surface area contributed by atoms with Crippen molar-refractivity contribution in [2.75, 3.05) is 19.6 Å². The first-order chi connectivity index (χ1) is 13.0. The number of amides is 1. The van der Waals surface area contributed by atoms with E-state index in [1.165, 1.54) is 30.3 Å². The molecule has 146 valence electrons. The Morgan fingerprint density at radius 3 is 2.63 bits per heavy atom. The molecule has 1 aromatic heterocycles. The topological polar surface area (TPSA) is 67.2 Å². The van der Waals surface area contributed by atoms with Crippen molar-refractivity contribution in [2.45, 2.75) is 58.5 Å². The fourth-order valence-corrected chi connectivity index (χ4v) is 3.74. The van der Waals surface area contributed by atoms with Gasteiger partial charge in [-0.1, -0.05) is 25.0 Å². The first kappa shape index (κ1) is 19.5. The normalized spacial score (nSPS) is 16.8. The van der Waals surface area contributed by atoms with Gasteiger partial charge in [-0.05, 0) is 58.3 Å². The Kier molecular flexibility index (Phi) is 6.61. The summed E-state index contributed by atoms with van der Waals surface area (Å²) in [4.78, 5) is 32.1. The van der Waals surface area contributed by atoms with Crippen molar-refractivity contribution in [3.05, 3.63) is 40.4 Å². The van der Waals surface area contributed by atoms with E-state index in [9.17, 15) is 9.59 Å². The molecule has 6 heteroatoms. The number of rotatable bonds is 6. The summed E-state index contributed by atoms with van der Waals surface area (Å²) >= 11 is 0. The van der Waals surface area contributed by atoms with Crippen LogP contribution >= 0.6 is 0 Å². The highest BCUT2D eigenvalue weighted by Crippen LogP contribution is 2.10. The maximum absolute atomic E-state index is 12.7. The molecule has 1 saturated heterocycles. The molecule has 0 aliphatic carbocycles. The van der Waals surface area contributed by atoms with Gasteiger partial charge in [-0.25, -0.2) is 4.98 Å². The van der Waals surface area contributed by atoms with Crippen LogP contribution in [0.3, 0.4) is 0 Å². The van der Waals surface area contributed by atoms with Crippen LogP contribution in [0, 0.1) is 6.92 Å². The molecule has 0 spiro atoms. The number of nitrogens with zero attached hydrogens (tertiary/aromatic N) is 3. The van der Waals surface area contributed by atoms with E-state index in [1.54, 1.807) is 13.0 Å². The summed E-state index contributed by atoms with van der Waals surface area (Å²) in [6.45, 7) is 7.15. The number of aromatic nitrogens is 2. The number of fused-ring (bicyclic) bond motifs is 1. The van der Waals surface area contributed by atoms with Gasteiger partial charge in [0.25, 0.3) is 5.56 Å². The smallest absolute Gasteiger partial charge is 0.261 e. The monoisotopic (exact) mass is 370 g/mol. The zero-order valence-electron chi connectivity index (χ0n) is 16.4. The first-order valence-corrected chi connectivity index (χ1v) is 10.0. The minimum atomic E-state index is -0.162. The van der Waals surface area contributed by atoms with Gasteiger partial charge in [0, 0.05) is 12.6 Å². The van der Waals surface area contributed by atoms with E-state index in [1.807, 2.05) is 25.1 Å². The minimum Gasteiger partial charge on any atom is -0.352 e. The van der Waals surface area contributed by atoms with E-state index in [0.717, 1.165) is 26.1 Å². The van der Waals surface area contributed by atoms with Gasteiger partial charge in [0.2, 0.25) is 5.91 Å². The van der Waals surface area contributed by atoms with Crippen LogP contribution in [0.4, 0.5) is 0 Å². The average Bonchev–Trinajstić information content (AvgIpc) is 2.92. The molecule has 0 radical (unpaired) electrons. The maximum atomic E-state index is 12.7. The summed E-state index contributed by atoms with van der Waals surface area (Å²) in [6.07, 6.45) is 6.14. The number of carbonyl (C=O) groups is 1. The molecular weight excluding hydrogens is 340 g/mol. The summed E-state index contributed by atoms with van der Waals surface area (Å²) in [6, 6.07) is 7.33. The average molecular weight is 370 g/mol. The lowest BCUT2D eigenvalue weighted by Gasteiger charge is -2.22. The lowest BCUT2D eigenvalue weighted by molar-refractivity contribution is -0.122. The zero-order chi connectivity index (χ0) is 19.2. The predicted octanol–water partition coefficient (Wildman–Crippen LogP) is 2.48. The van der Waals surface area contributed by atoms with Crippen LogP contribution in [-0.2, 0) is 11.3 Å². The van der Waals surface area contributed by atoms with E-state index in [2.05, 4.69) is 15.2 Å². The molecule has 1 atom stereocenters. The number of aryl methyl sites for hydroxylation is 1. The van der Waals surface area contributed by atoms with Crippen LogP contribution < -0.4 is 10.9 Å². The third-order valence-corrected chi connectivity index (χ3v) is 5.34. The number of hydrogen-bond donors (Lipinski definition) is 1. The van der Waals surface area contributed by atoms with Crippen molar-refractivity contribution in [1.29, 1.82) is 0 Å². The molecule has 1 aliphatic heterocycles. The van der Waals surface area contributed by atoms with Gasteiger partial charge < -0.3 is 10.2 Å². The van der Waals surface area contributed by atoms with Gasteiger partial charge in [0.05, 0.1) is 10.9 Å². The molecule has 2 aromatic rings. The van der Waals surface area contributed by atoms with Gasteiger partial charge in [-0.15, -0.1) is 0 Å². The molecular formula is C21H30N4O2. The number of likely N-dealkylation sites (tertiary alicyclic amines) is 1. The Balaban J connectivity index is 1.57. The van der Waals surface area contributed by atoms with Crippen LogP contribution in [0.2, 0.25) is 0 Å². The van der Waals surface area contributed by atoms with Crippen LogP contribution in [0.15, 0.2) is 29.1 Å². The number of hydrogen-bond acceptors (Lipinski definition) is 4. The van der Waals surface area contributed by atoms with Crippen molar-refractivity contribution in [3.8, 4) is 0 Å². The lowest BCUT2D eigenvalue weighted by Crippen LogP contribution is -2.40. The third kappa shape index (κ3) is 5.16. The van der Waals surface area contributed by atoms with Crippen molar-refractivity contribution in [3.63, 3.8) is 0 Å². The lowest BCUT2D eigenvalue weighted by atomic mass is 10.2. The summed E-state index contributed by atoms with van der Waals surface area (Å²) in [5.74, 6) is 0.423. The summed E-state index contributed by atoms with van der Waals surface area (Å²) < 4.78 is 1.46. The van der Waals surface area contributed by atoms with Gasteiger partial charge in [0.15, 0.2) is 0 Å². The van der Waals surface area contributed by atoms with E-state index >= 15 is 0 Å². The molecule has 3 rings (SSSR count). The van der Waals surface area contributed by atoms with Crippen LogP contribution in [-0.4, -0.2) is 46.0 Å². The second kappa shape index (κ2) is 9.13. The summed E-state index contributed by atoms with van der Waals surface area (Å²) in [5, 5.41) is 3.58. The molecule has 27 heavy (non-hydrogen) atoms. The number of carbonyl (C=O) groups excluding carboxylic acids is 1. The van der Waals surface area contributed by atoms with E-state index in [0.29, 0.717) is 16.7 Å². The third-order valence-electron chi connectivity index (χ3n) is 5.34. The quantitative estimate of drug-likeness (QED) is 0.848. The standard InChI is InChI=1S/C21H30N4O2/c1-16(11-14-24-12-7-3-4-8-13-24)22-20(26)15-25-17(2)23-19-10-6-5-9-18(19)21(25)27/h5-6,9-10,16H,3-4,7-8,11-15H2,1-2H3,(H,22,26). The first-order valence-electron chi connectivity index (χ1n) is 10.0. The fourth-order valence-electron chi connectivity index (χ4n) is 3.74. The predicted molar refractivity (Wildman–Crippen MR) is 108 cm³/mol. The molecule has 1 unspecified atom stereocenters. The minimum absolute atomic E-state index is 0.0105. The van der Waals surface area contributed by atoms with E-state index in [4.69, 9.17) is 0 Å². The van der Waals surface area contributed by atoms with Gasteiger partial charge in [-0.2, -0.15) is 0 Å². The number of benzene rings is 1. The zero-order valence-corrected chi connectivity index (χ0v) is 16.4. The van der Waals surface area contributed by atoms with Crippen molar-refractivity contribution in [2.24, 2.45) is 0 Å². The SMILES string of the molecule is Cc1nc2ccccc2c(=O)n1CC(=O)NC(C)CCN1CCCCCC1. The Hall–Kier alpha value is -2.21. The molecule has 1 aliphatic rings. The second-order valence-electron chi connectivity index (χ2n) is 7.58. The Labute approximate surface area is 160 Å². The molecule has 1 N–H and O–H groups in total. The van der Waals surface area contributed by atoms with E-state index < -0.39 is 0 Å². The van der Waals surface area contributed by atoms with E-state index in [-0.39, 0.29) is 24.1 Å². The summed E-state index contributed by atoms with van der Waals surface area (Å²) in [7, 11) is 0. The molecule has 6 nitrogen and oxygen atoms in total. The Morgan fingerprint density at radius 2 is 1.89 bits per heavy atom. The van der Waals surface area contributed by atoms with Crippen molar-refractivity contribution < 1.29 is 4.79 Å². The fraction of sp³-hybridized carbons (Fsp3) is 0.571. The second-order valence-corrected chi connectivity index (χ2v) is 7.58. The maximum Gasteiger partial charge on any atom is 0.261 e. The highest BCUT2D eigenvalue weighted by Gasteiger charge is 2.15. The molecule has 0 saturated carbocycles. The largest absolute Gasteiger partial charge is 0.352 e. The van der Waals surface area contributed by atoms with Crippen LogP contribution in [0.1, 0.15) is 44.9 Å². The highest BCUT2D eigenvalue weighted by molar-refractivity contribution is 5.79. The Morgan fingerprint density at radius 1 is 1.19 bits per heavy atom. The Bertz CT molecular complexity index is 838. The summed E-state index contributed by atoms with van der Waals surface area (Å²) in [5.41, 5.74) is 0.507. The van der Waals surface area contributed by atoms with Gasteiger partial charge in [-0.3, -0.25) is 14.2 Å². The van der Waals surface area contributed by atoms with Gasteiger partial charge >= 0.3 is 0 Å². The molecule has 2 heterocycles. The van der Waals surface area contributed by atoms with Gasteiger partial charge in [0.1, 0.15) is 12.4 Å².